The first-order chi connectivity index (χ1) is 10.1. The number of methoxy groups -OCH3 is 1. The monoisotopic (exact) mass is 293 g/mol. The van der Waals surface area contributed by atoms with E-state index in [1.807, 2.05) is 0 Å². The number of piperidine rings is 1. The van der Waals surface area contributed by atoms with Crippen LogP contribution in [0.4, 0.5) is 5.69 Å². The summed E-state index contributed by atoms with van der Waals surface area (Å²) in [5.74, 6) is 0.510. The van der Waals surface area contributed by atoms with Crippen molar-refractivity contribution in [1.29, 1.82) is 0 Å². The highest BCUT2D eigenvalue weighted by Crippen LogP contribution is 2.16. The minimum absolute atomic E-state index is 0.0431. The lowest BCUT2D eigenvalue weighted by atomic mass is 9.94. The Morgan fingerprint density at radius 3 is 3.05 bits per heavy atom. The highest BCUT2D eigenvalue weighted by atomic mass is 16.5. The zero-order valence-corrected chi connectivity index (χ0v) is 12.6. The molecule has 116 valence electrons. The maximum atomic E-state index is 12.2. The third-order valence-electron chi connectivity index (χ3n) is 3.77. The summed E-state index contributed by atoms with van der Waals surface area (Å²) in [6.45, 7) is 3.95. The number of carbonyl (C=O) groups excluding carboxylic acids is 1. The lowest BCUT2D eigenvalue weighted by Crippen LogP contribution is -2.45. The van der Waals surface area contributed by atoms with Gasteiger partial charge in [-0.25, -0.2) is 0 Å². The van der Waals surface area contributed by atoms with Crippen molar-refractivity contribution in [2.24, 2.45) is 5.92 Å². The molecule has 2 unspecified atom stereocenters. The molecule has 0 saturated carbocycles. The van der Waals surface area contributed by atoms with Gasteiger partial charge >= 0.3 is 0 Å². The largest absolute Gasteiger partial charge is 0.383 e. The molecule has 1 aliphatic heterocycles. The third-order valence-corrected chi connectivity index (χ3v) is 3.77. The van der Waals surface area contributed by atoms with Gasteiger partial charge in [-0.05, 0) is 31.4 Å². The van der Waals surface area contributed by atoms with Crippen LogP contribution in [0.15, 0.2) is 23.1 Å². The molecule has 1 aromatic heterocycles. The van der Waals surface area contributed by atoms with Crippen molar-refractivity contribution in [3.63, 3.8) is 0 Å². The summed E-state index contributed by atoms with van der Waals surface area (Å²) >= 11 is 0. The van der Waals surface area contributed by atoms with Crippen molar-refractivity contribution in [2.75, 3.05) is 25.6 Å². The van der Waals surface area contributed by atoms with Crippen molar-refractivity contribution < 1.29 is 9.53 Å². The van der Waals surface area contributed by atoms with Crippen LogP contribution in [-0.2, 0) is 16.1 Å². The zero-order chi connectivity index (χ0) is 15.2. The van der Waals surface area contributed by atoms with Crippen molar-refractivity contribution in [1.82, 2.24) is 9.88 Å². The molecule has 2 heterocycles. The fourth-order valence-corrected chi connectivity index (χ4v) is 2.51. The minimum Gasteiger partial charge on any atom is -0.383 e. The fraction of sp³-hybridized carbons (Fsp3) is 0.600. The van der Waals surface area contributed by atoms with Crippen molar-refractivity contribution in [3.8, 4) is 0 Å². The van der Waals surface area contributed by atoms with Crippen LogP contribution in [-0.4, -0.2) is 36.8 Å². The summed E-state index contributed by atoms with van der Waals surface area (Å²) in [5, 5.41) is 6.10. The van der Waals surface area contributed by atoms with Gasteiger partial charge in [0.15, 0.2) is 0 Å². The van der Waals surface area contributed by atoms with Crippen LogP contribution in [0, 0.1) is 5.92 Å². The van der Waals surface area contributed by atoms with Gasteiger partial charge in [0.1, 0.15) is 0 Å². The van der Waals surface area contributed by atoms with Gasteiger partial charge in [-0.15, -0.1) is 0 Å². The standard InChI is InChI=1S/C15H23N3O3/c1-11-5-6-16-13(9-11)15(20)17-12-3-4-14(19)18(10-12)7-8-21-2/h3-4,10-11,13,16H,5-9H2,1-2H3,(H,17,20). The second-order valence-corrected chi connectivity index (χ2v) is 5.57. The molecule has 0 aliphatic carbocycles. The van der Waals surface area contributed by atoms with E-state index >= 15 is 0 Å². The SMILES string of the molecule is COCCn1cc(NC(=O)C2CC(C)CCN2)ccc1=O. The van der Waals surface area contributed by atoms with Gasteiger partial charge in [0.05, 0.1) is 18.3 Å². The van der Waals surface area contributed by atoms with Crippen LogP contribution in [0.2, 0.25) is 0 Å². The Balaban J connectivity index is 2.01. The molecule has 0 radical (unpaired) electrons. The lowest BCUT2D eigenvalue weighted by molar-refractivity contribution is -0.119. The van der Waals surface area contributed by atoms with Gasteiger partial charge in [0.25, 0.3) is 5.56 Å². The first kappa shape index (κ1) is 15.7. The van der Waals surface area contributed by atoms with Crippen molar-refractivity contribution >= 4 is 11.6 Å². The summed E-state index contributed by atoms with van der Waals surface area (Å²) < 4.78 is 6.51. The molecule has 1 saturated heterocycles. The first-order valence-corrected chi connectivity index (χ1v) is 7.34. The van der Waals surface area contributed by atoms with Gasteiger partial charge in [-0.3, -0.25) is 9.59 Å². The third kappa shape index (κ3) is 4.41. The quantitative estimate of drug-likeness (QED) is 0.843. The summed E-state index contributed by atoms with van der Waals surface area (Å²) in [5.41, 5.74) is 0.533. The van der Waals surface area contributed by atoms with E-state index in [1.54, 1.807) is 19.4 Å². The van der Waals surface area contributed by atoms with Crippen molar-refractivity contribution in [2.45, 2.75) is 32.4 Å². The number of hydrogen-bond acceptors (Lipinski definition) is 4. The second kappa shape index (κ2) is 7.38. The summed E-state index contributed by atoms with van der Waals surface area (Å²) in [6, 6.07) is 2.94. The van der Waals surface area contributed by atoms with Gasteiger partial charge in [0, 0.05) is 25.9 Å². The summed E-state index contributed by atoms with van der Waals surface area (Å²) in [7, 11) is 1.59. The lowest BCUT2D eigenvalue weighted by Gasteiger charge is -2.27. The number of nitrogens with zero attached hydrogens (tertiary/aromatic N) is 1. The maximum Gasteiger partial charge on any atom is 0.250 e. The van der Waals surface area contributed by atoms with Crippen LogP contribution in [0.3, 0.4) is 0 Å². The predicted molar refractivity (Wildman–Crippen MR) is 81.4 cm³/mol. The van der Waals surface area contributed by atoms with Crippen LogP contribution in [0.5, 0.6) is 0 Å². The number of hydrogen-bond donors (Lipinski definition) is 2. The van der Waals surface area contributed by atoms with E-state index in [4.69, 9.17) is 4.74 Å². The van der Waals surface area contributed by atoms with E-state index in [2.05, 4.69) is 17.6 Å². The second-order valence-electron chi connectivity index (χ2n) is 5.57. The molecule has 0 bridgehead atoms. The number of nitrogens with one attached hydrogen (secondary N) is 2. The smallest absolute Gasteiger partial charge is 0.250 e. The first-order valence-electron chi connectivity index (χ1n) is 7.34. The van der Waals surface area contributed by atoms with E-state index < -0.39 is 0 Å². The predicted octanol–water partition coefficient (Wildman–Crippen LogP) is 0.821. The molecule has 6 heteroatoms. The molecule has 2 atom stereocenters. The maximum absolute atomic E-state index is 12.2. The van der Waals surface area contributed by atoms with Crippen LogP contribution in [0.1, 0.15) is 19.8 Å². The van der Waals surface area contributed by atoms with Crippen LogP contribution < -0.4 is 16.2 Å². The highest BCUT2D eigenvalue weighted by Gasteiger charge is 2.24. The Morgan fingerprint density at radius 1 is 1.52 bits per heavy atom. The number of aromatic nitrogens is 1. The molecule has 1 aromatic rings. The van der Waals surface area contributed by atoms with E-state index in [0.29, 0.717) is 24.8 Å². The molecule has 21 heavy (non-hydrogen) atoms. The van der Waals surface area contributed by atoms with Gasteiger partial charge in [-0.1, -0.05) is 6.92 Å². The average molecular weight is 293 g/mol. The fourth-order valence-electron chi connectivity index (χ4n) is 2.51. The number of ether oxygens (including phenoxy) is 1. The number of carbonyl (C=O) groups is 1. The molecule has 6 nitrogen and oxygen atoms in total. The Morgan fingerprint density at radius 2 is 2.33 bits per heavy atom. The van der Waals surface area contributed by atoms with Crippen LogP contribution >= 0.6 is 0 Å². The molecule has 2 N–H and O–H groups in total. The average Bonchev–Trinajstić information content (AvgIpc) is 2.47. The Bertz CT molecular complexity index is 541. The van der Waals surface area contributed by atoms with Crippen molar-refractivity contribution in [3.05, 3.63) is 28.7 Å². The summed E-state index contributed by atoms with van der Waals surface area (Å²) in [4.78, 5) is 23.9. The highest BCUT2D eigenvalue weighted by molar-refractivity contribution is 5.94. The Hall–Kier alpha value is -1.66. The Kier molecular flexibility index (Phi) is 5.52. The molecule has 0 aromatic carbocycles. The number of rotatable bonds is 5. The van der Waals surface area contributed by atoms with E-state index in [0.717, 1.165) is 19.4 Å². The molecule has 1 amide bonds. The molecule has 1 fully saturated rings. The van der Waals surface area contributed by atoms with E-state index in [-0.39, 0.29) is 17.5 Å². The van der Waals surface area contributed by atoms with E-state index in [1.165, 1.54) is 10.6 Å². The molecular weight excluding hydrogens is 270 g/mol. The molecular formula is C15H23N3O3. The molecule has 0 spiro atoms. The van der Waals surface area contributed by atoms with Gasteiger partial charge in [0.2, 0.25) is 5.91 Å². The van der Waals surface area contributed by atoms with Crippen LogP contribution in [0.25, 0.3) is 0 Å². The zero-order valence-electron chi connectivity index (χ0n) is 12.6. The van der Waals surface area contributed by atoms with Gasteiger partial charge in [-0.2, -0.15) is 0 Å². The van der Waals surface area contributed by atoms with Gasteiger partial charge < -0.3 is 19.9 Å². The number of anilines is 1. The molecule has 2 rings (SSSR count). The number of amides is 1. The van der Waals surface area contributed by atoms with E-state index in [9.17, 15) is 9.59 Å². The normalized spacial score (nSPS) is 22.0. The Labute approximate surface area is 124 Å². The number of pyridine rings is 1. The minimum atomic E-state index is -0.159. The topological polar surface area (TPSA) is 72.4 Å². The molecule has 1 aliphatic rings. The summed E-state index contributed by atoms with van der Waals surface area (Å²) in [6.07, 6.45) is 3.60.